The Balaban J connectivity index is 2.05. The molecule has 0 saturated heterocycles. The second-order valence-electron chi connectivity index (χ2n) is 4.76. The van der Waals surface area contributed by atoms with Gasteiger partial charge in [-0.1, -0.05) is 36.4 Å². The number of aryl methyl sites for hydroxylation is 1. The van der Waals surface area contributed by atoms with Gasteiger partial charge < -0.3 is 10.6 Å². The molecule has 3 nitrogen and oxygen atoms in total. The largest absolute Gasteiger partial charge is 0.323 e. The molecule has 3 heteroatoms. The Bertz CT molecular complexity index is 633. The standard InChI is InChI=1S/C17H18N2O/c1-12(2)16-10-9-15(11-13(16)3)19-17(20)18-14-7-5-4-6-8-14/h4-11H,1H2,2-3H3,(H2,18,19,20). The van der Waals surface area contributed by atoms with E-state index in [1.54, 1.807) is 0 Å². The Hall–Kier alpha value is -2.55. The van der Waals surface area contributed by atoms with Crippen molar-refractivity contribution in [1.29, 1.82) is 0 Å². The molecule has 0 radical (unpaired) electrons. The summed E-state index contributed by atoms with van der Waals surface area (Å²) in [7, 11) is 0. The molecule has 2 N–H and O–H groups in total. The molecule has 0 heterocycles. The van der Waals surface area contributed by atoms with E-state index in [9.17, 15) is 4.79 Å². The summed E-state index contributed by atoms with van der Waals surface area (Å²) in [5.41, 5.74) is 4.75. The average molecular weight is 266 g/mol. The van der Waals surface area contributed by atoms with Crippen molar-refractivity contribution in [1.82, 2.24) is 0 Å². The van der Waals surface area contributed by atoms with Crippen molar-refractivity contribution in [3.63, 3.8) is 0 Å². The third-order valence-electron chi connectivity index (χ3n) is 2.98. The first kappa shape index (κ1) is 13.9. The molecule has 102 valence electrons. The Labute approximate surface area is 119 Å². The van der Waals surface area contributed by atoms with Crippen molar-refractivity contribution in [3.05, 3.63) is 66.2 Å². The van der Waals surface area contributed by atoms with Crippen molar-refractivity contribution in [2.45, 2.75) is 13.8 Å². The van der Waals surface area contributed by atoms with Gasteiger partial charge in [-0.3, -0.25) is 0 Å². The highest BCUT2D eigenvalue weighted by atomic mass is 16.2. The number of hydrogen-bond acceptors (Lipinski definition) is 1. The number of carbonyl (C=O) groups is 1. The van der Waals surface area contributed by atoms with E-state index in [1.165, 1.54) is 0 Å². The van der Waals surface area contributed by atoms with Crippen LogP contribution in [0.5, 0.6) is 0 Å². The lowest BCUT2D eigenvalue weighted by Gasteiger charge is -2.10. The fourth-order valence-corrected chi connectivity index (χ4v) is 2.04. The van der Waals surface area contributed by atoms with E-state index in [0.29, 0.717) is 0 Å². The maximum Gasteiger partial charge on any atom is 0.323 e. The van der Waals surface area contributed by atoms with Gasteiger partial charge in [0.1, 0.15) is 0 Å². The molecule has 0 spiro atoms. The van der Waals surface area contributed by atoms with Gasteiger partial charge in [0.2, 0.25) is 0 Å². The minimum atomic E-state index is -0.251. The number of para-hydroxylation sites is 1. The number of anilines is 2. The summed E-state index contributed by atoms with van der Waals surface area (Å²) in [5, 5.41) is 5.60. The van der Waals surface area contributed by atoms with Gasteiger partial charge in [0.15, 0.2) is 0 Å². The van der Waals surface area contributed by atoms with Gasteiger partial charge in [-0.05, 0) is 49.2 Å². The summed E-state index contributed by atoms with van der Waals surface area (Å²) in [6, 6.07) is 14.9. The maximum atomic E-state index is 11.9. The van der Waals surface area contributed by atoms with Gasteiger partial charge in [0, 0.05) is 11.4 Å². The monoisotopic (exact) mass is 266 g/mol. The zero-order valence-corrected chi connectivity index (χ0v) is 11.7. The van der Waals surface area contributed by atoms with Gasteiger partial charge >= 0.3 is 6.03 Å². The molecule has 2 amide bonds. The predicted octanol–water partition coefficient (Wildman–Crippen LogP) is 4.67. The normalized spacial score (nSPS) is 9.90. The molecule has 0 unspecified atom stereocenters. The molecule has 2 aromatic carbocycles. The fraction of sp³-hybridized carbons (Fsp3) is 0.118. The molecule has 0 bridgehead atoms. The molecule has 0 aromatic heterocycles. The molecule has 0 aliphatic carbocycles. The van der Waals surface area contributed by atoms with E-state index in [4.69, 9.17) is 0 Å². The van der Waals surface area contributed by atoms with E-state index >= 15 is 0 Å². The minimum Gasteiger partial charge on any atom is -0.308 e. The lowest BCUT2D eigenvalue weighted by atomic mass is 10.0. The number of hydrogen-bond donors (Lipinski definition) is 2. The zero-order chi connectivity index (χ0) is 14.5. The molecule has 2 rings (SSSR count). The highest BCUT2D eigenvalue weighted by Crippen LogP contribution is 2.20. The number of rotatable bonds is 3. The number of urea groups is 1. The topological polar surface area (TPSA) is 41.1 Å². The lowest BCUT2D eigenvalue weighted by Crippen LogP contribution is -2.19. The van der Waals surface area contributed by atoms with Crippen LogP contribution in [-0.2, 0) is 0 Å². The summed E-state index contributed by atoms with van der Waals surface area (Å²) in [6.45, 7) is 7.91. The predicted molar refractivity (Wildman–Crippen MR) is 85.0 cm³/mol. The Kier molecular flexibility index (Phi) is 4.20. The van der Waals surface area contributed by atoms with Gasteiger partial charge in [0.25, 0.3) is 0 Å². The molecule has 0 saturated carbocycles. The highest BCUT2D eigenvalue weighted by molar-refractivity contribution is 5.99. The van der Waals surface area contributed by atoms with E-state index < -0.39 is 0 Å². The SMILES string of the molecule is C=C(C)c1ccc(NC(=O)Nc2ccccc2)cc1C. The summed E-state index contributed by atoms with van der Waals surface area (Å²) in [6.07, 6.45) is 0. The number of nitrogens with one attached hydrogen (secondary N) is 2. The number of amides is 2. The molecule has 0 fully saturated rings. The van der Waals surface area contributed by atoms with Crippen molar-refractivity contribution in [2.24, 2.45) is 0 Å². The third kappa shape index (κ3) is 3.48. The first-order valence-electron chi connectivity index (χ1n) is 6.46. The van der Waals surface area contributed by atoms with Crippen molar-refractivity contribution >= 4 is 23.0 Å². The van der Waals surface area contributed by atoms with E-state index in [-0.39, 0.29) is 6.03 Å². The molecular weight excluding hydrogens is 248 g/mol. The summed E-state index contributed by atoms with van der Waals surface area (Å²) in [4.78, 5) is 11.9. The van der Waals surface area contributed by atoms with Crippen LogP contribution >= 0.6 is 0 Å². The molecule has 0 aliphatic rings. The van der Waals surface area contributed by atoms with Crippen molar-refractivity contribution in [3.8, 4) is 0 Å². The number of carbonyl (C=O) groups excluding carboxylic acids is 1. The lowest BCUT2D eigenvalue weighted by molar-refractivity contribution is 0.262. The average Bonchev–Trinajstić information content (AvgIpc) is 2.39. The van der Waals surface area contributed by atoms with Crippen LogP contribution in [0.1, 0.15) is 18.1 Å². The van der Waals surface area contributed by atoms with Crippen LogP contribution in [0.25, 0.3) is 5.57 Å². The maximum absolute atomic E-state index is 11.9. The molecular formula is C17H18N2O. The summed E-state index contributed by atoms with van der Waals surface area (Å²) >= 11 is 0. The van der Waals surface area contributed by atoms with Crippen LogP contribution in [-0.4, -0.2) is 6.03 Å². The molecule has 0 atom stereocenters. The number of allylic oxidation sites excluding steroid dienone is 1. The summed E-state index contributed by atoms with van der Waals surface area (Å²) < 4.78 is 0. The van der Waals surface area contributed by atoms with Gasteiger partial charge in [0.05, 0.1) is 0 Å². The smallest absolute Gasteiger partial charge is 0.308 e. The Morgan fingerprint density at radius 2 is 1.65 bits per heavy atom. The Morgan fingerprint density at radius 1 is 1.00 bits per heavy atom. The van der Waals surface area contributed by atoms with E-state index in [1.807, 2.05) is 62.4 Å². The second kappa shape index (κ2) is 6.06. The van der Waals surface area contributed by atoms with E-state index in [0.717, 1.165) is 28.1 Å². The number of benzene rings is 2. The quantitative estimate of drug-likeness (QED) is 0.832. The first-order chi connectivity index (χ1) is 9.56. The van der Waals surface area contributed by atoms with Crippen LogP contribution in [0, 0.1) is 6.92 Å². The zero-order valence-electron chi connectivity index (χ0n) is 11.7. The van der Waals surface area contributed by atoms with Crippen molar-refractivity contribution < 1.29 is 4.79 Å². The third-order valence-corrected chi connectivity index (χ3v) is 2.98. The summed E-state index contributed by atoms with van der Waals surface area (Å²) in [5.74, 6) is 0. The van der Waals surface area contributed by atoms with Crippen LogP contribution in [0.2, 0.25) is 0 Å². The van der Waals surface area contributed by atoms with E-state index in [2.05, 4.69) is 17.2 Å². The van der Waals surface area contributed by atoms with Crippen LogP contribution < -0.4 is 10.6 Å². The molecule has 20 heavy (non-hydrogen) atoms. The van der Waals surface area contributed by atoms with Crippen LogP contribution in [0.15, 0.2) is 55.1 Å². The minimum absolute atomic E-state index is 0.251. The highest BCUT2D eigenvalue weighted by Gasteiger charge is 2.04. The van der Waals surface area contributed by atoms with Gasteiger partial charge in [-0.2, -0.15) is 0 Å². The van der Waals surface area contributed by atoms with Gasteiger partial charge in [-0.25, -0.2) is 4.79 Å². The Morgan fingerprint density at radius 3 is 2.25 bits per heavy atom. The first-order valence-corrected chi connectivity index (χ1v) is 6.46. The second-order valence-corrected chi connectivity index (χ2v) is 4.76. The van der Waals surface area contributed by atoms with Crippen LogP contribution in [0.3, 0.4) is 0 Å². The van der Waals surface area contributed by atoms with Gasteiger partial charge in [-0.15, -0.1) is 0 Å². The van der Waals surface area contributed by atoms with Crippen molar-refractivity contribution in [2.75, 3.05) is 10.6 Å². The fourth-order valence-electron chi connectivity index (χ4n) is 2.04. The molecule has 0 aliphatic heterocycles. The van der Waals surface area contributed by atoms with Crippen LogP contribution in [0.4, 0.5) is 16.2 Å². The molecule has 2 aromatic rings.